The smallest absolute Gasteiger partial charge is 0.266 e. The summed E-state index contributed by atoms with van der Waals surface area (Å²) in [5.41, 5.74) is 1.37. The molecule has 0 aliphatic heterocycles. The van der Waals surface area contributed by atoms with E-state index >= 15 is 0 Å². The molecule has 144 valence electrons. The molecule has 0 bridgehead atoms. The summed E-state index contributed by atoms with van der Waals surface area (Å²) in [6.07, 6.45) is 1.43. The Hall–Kier alpha value is -3.62. The normalized spacial score (nSPS) is 10.9. The fourth-order valence-electron chi connectivity index (χ4n) is 2.54. The number of halogens is 2. The average Bonchev–Trinajstić information content (AvgIpc) is 2.73. The van der Waals surface area contributed by atoms with Gasteiger partial charge < -0.3 is 10.1 Å². The molecular formula is C23H16ClFN2O2. The molecule has 0 aliphatic rings. The van der Waals surface area contributed by atoms with E-state index in [4.69, 9.17) is 16.3 Å². The molecule has 0 saturated heterocycles. The van der Waals surface area contributed by atoms with Gasteiger partial charge in [0.2, 0.25) is 0 Å². The number of para-hydroxylation sites is 1. The van der Waals surface area contributed by atoms with E-state index in [-0.39, 0.29) is 18.0 Å². The second-order valence-corrected chi connectivity index (χ2v) is 6.49. The van der Waals surface area contributed by atoms with Gasteiger partial charge in [0.05, 0.1) is 0 Å². The van der Waals surface area contributed by atoms with E-state index in [0.717, 1.165) is 0 Å². The Balaban J connectivity index is 1.78. The number of carbonyl (C=O) groups excluding carboxylic acids is 1. The molecule has 0 aliphatic carbocycles. The molecule has 3 aromatic rings. The number of carbonyl (C=O) groups is 1. The lowest BCUT2D eigenvalue weighted by Gasteiger charge is -2.10. The maximum absolute atomic E-state index is 13.8. The van der Waals surface area contributed by atoms with Crippen molar-refractivity contribution in [2.45, 2.75) is 6.61 Å². The molecular weight excluding hydrogens is 391 g/mol. The topological polar surface area (TPSA) is 62.1 Å². The predicted octanol–water partition coefficient (Wildman–Crippen LogP) is 5.60. The van der Waals surface area contributed by atoms with Crippen LogP contribution < -0.4 is 10.1 Å². The summed E-state index contributed by atoms with van der Waals surface area (Å²) in [6.45, 7) is 0.0242. The van der Waals surface area contributed by atoms with Gasteiger partial charge in [-0.3, -0.25) is 4.79 Å². The van der Waals surface area contributed by atoms with Crippen LogP contribution in [0.2, 0.25) is 5.02 Å². The van der Waals surface area contributed by atoms with E-state index in [1.54, 1.807) is 66.7 Å². The number of ether oxygens (including phenoxy) is 1. The van der Waals surface area contributed by atoms with Gasteiger partial charge in [0.15, 0.2) is 0 Å². The zero-order valence-electron chi connectivity index (χ0n) is 15.2. The third-order valence-electron chi connectivity index (χ3n) is 4.03. The van der Waals surface area contributed by atoms with Gasteiger partial charge in [-0.25, -0.2) is 4.39 Å². The molecule has 1 amide bonds. The highest BCUT2D eigenvalue weighted by atomic mass is 35.5. The zero-order chi connectivity index (χ0) is 20.6. The van der Waals surface area contributed by atoms with Gasteiger partial charge >= 0.3 is 0 Å². The highest BCUT2D eigenvalue weighted by Gasteiger charge is 2.12. The van der Waals surface area contributed by atoms with Gasteiger partial charge in [-0.15, -0.1) is 0 Å². The van der Waals surface area contributed by atoms with E-state index in [9.17, 15) is 14.4 Å². The number of anilines is 1. The van der Waals surface area contributed by atoms with Gasteiger partial charge in [-0.05, 0) is 42.5 Å². The maximum atomic E-state index is 13.8. The number of amides is 1. The second kappa shape index (κ2) is 9.54. The first-order valence-corrected chi connectivity index (χ1v) is 9.08. The van der Waals surface area contributed by atoms with Crippen molar-refractivity contribution < 1.29 is 13.9 Å². The van der Waals surface area contributed by atoms with Crippen molar-refractivity contribution in [3.05, 3.63) is 100 Å². The number of rotatable bonds is 6. The average molecular weight is 407 g/mol. The standard InChI is InChI=1S/C23H16ClFN2O2/c24-19-9-11-20(12-10-19)27-23(28)18(14-26)13-16-5-2-4-8-22(16)29-15-17-6-1-3-7-21(17)25/h1-13H,15H2,(H,27,28). The van der Waals surface area contributed by atoms with Crippen LogP contribution in [-0.4, -0.2) is 5.91 Å². The Bertz CT molecular complexity index is 1090. The minimum absolute atomic E-state index is 0.0242. The van der Waals surface area contributed by atoms with Crippen LogP contribution in [0.15, 0.2) is 78.4 Å². The second-order valence-electron chi connectivity index (χ2n) is 6.05. The lowest BCUT2D eigenvalue weighted by molar-refractivity contribution is -0.112. The zero-order valence-corrected chi connectivity index (χ0v) is 16.0. The molecule has 0 spiro atoms. The van der Waals surface area contributed by atoms with Crippen LogP contribution in [0.3, 0.4) is 0 Å². The third-order valence-corrected chi connectivity index (χ3v) is 4.28. The van der Waals surface area contributed by atoms with E-state index < -0.39 is 5.91 Å². The molecule has 3 rings (SSSR count). The van der Waals surface area contributed by atoms with E-state index in [1.165, 1.54) is 12.1 Å². The van der Waals surface area contributed by atoms with Gasteiger partial charge in [-0.1, -0.05) is 48.0 Å². The van der Waals surface area contributed by atoms with Crippen molar-refractivity contribution >= 4 is 29.3 Å². The highest BCUT2D eigenvalue weighted by molar-refractivity contribution is 6.30. The van der Waals surface area contributed by atoms with Crippen LogP contribution in [0.5, 0.6) is 5.75 Å². The number of hydrogen-bond donors (Lipinski definition) is 1. The molecule has 6 heteroatoms. The Labute approximate surface area is 172 Å². The van der Waals surface area contributed by atoms with Gasteiger partial charge in [-0.2, -0.15) is 5.26 Å². The summed E-state index contributed by atoms with van der Waals surface area (Å²) in [5, 5.41) is 12.6. The largest absolute Gasteiger partial charge is 0.488 e. The van der Waals surface area contributed by atoms with E-state index in [2.05, 4.69) is 5.32 Å². The lowest BCUT2D eigenvalue weighted by Crippen LogP contribution is -2.13. The molecule has 0 saturated carbocycles. The van der Waals surface area contributed by atoms with Crippen LogP contribution in [0.1, 0.15) is 11.1 Å². The fourth-order valence-corrected chi connectivity index (χ4v) is 2.66. The minimum Gasteiger partial charge on any atom is -0.488 e. The van der Waals surface area contributed by atoms with Crippen molar-refractivity contribution in [2.75, 3.05) is 5.32 Å². The van der Waals surface area contributed by atoms with Crippen molar-refractivity contribution in [3.63, 3.8) is 0 Å². The molecule has 29 heavy (non-hydrogen) atoms. The summed E-state index contributed by atoms with van der Waals surface area (Å²) >= 11 is 5.83. The number of hydrogen-bond acceptors (Lipinski definition) is 3. The van der Waals surface area contributed by atoms with Gasteiger partial charge in [0.25, 0.3) is 5.91 Å². The Morgan fingerprint density at radius 2 is 1.76 bits per heavy atom. The first-order chi connectivity index (χ1) is 14.1. The SMILES string of the molecule is N#CC(=Cc1ccccc1OCc1ccccc1F)C(=O)Nc1ccc(Cl)cc1. The molecule has 0 heterocycles. The molecule has 3 aromatic carbocycles. The number of benzene rings is 3. The molecule has 0 aromatic heterocycles. The van der Waals surface area contributed by atoms with Crippen molar-refractivity contribution in [1.82, 2.24) is 0 Å². The third kappa shape index (κ3) is 5.44. The Morgan fingerprint density at radius 1 is 1.07 bits per heavy atom. The number of nitriles is 1. The van der Waals surface area contributed by atoms with Crippen LogP contribution in [-0.2, 0) is 11.4 Å². The monoisotopic (exact) mass is 406 g/mol. The molecule has 0 radical (unpaired) electrons. The van der Waals surface area contributed by atoms with E-state index in [0.29, 0.717) is 27.6 Å². The summed E-state index contributed by atoms with van der Waals surface area (Å²) < 4.78 is 19.5. The number of nitrogens with zero attached hydrogens (tertiary/aromatic N) is 1. The highest BCUT2D eigenvalue weighted by Crippen LogP contribution is 2.23. The molecule has 0 atom stereocenters. The van der Waals surface area contributed by atoms with Crippen LogP contribution in [0, 0.1) is 17.1 Å². The van der Waals surface area contributed by atoms with Crippen LogP contribution >= 0.6 is 11.6 Å². The Morgan fingerprint density at radius 3 is 2.48 bits per heavy atom. The maximum Gasteiger partial charge on any atom is 0.266 e. The van der Waals surface area contributed by atoms with Crippen molar-refractivity contribution in [1.29, 1.82) is 5.26 Å². The van der Waals surface area contributed by atoms with Crippen molar-refractivity contribution in [3.8, 4) is 11.8 Å². The predicted molar refractivity (Wildman–Crippen MR) is 111 cm³/mol. The molecule has 0 fully saturated rings. The fraction of sp³-hybridized carbons (Fsp3) is 0.0435. The summed E-state index contributed by atoms with van der Waals surface area (Å²) in [7, 11) is 0. The number of nitrogens with one attached hydrogen (secondary N) is 1. The molecule has 0 unspecified atom stereocenters. The first-order valence-electron chi connectivity index (χ1n) is 8.71. The molecule has 4 nitrogen and oxygen atoms in total. The van der Waals surface area contributed by atoms with Gasteiger partial charge in [0.1, 0.15) is 29.8 Å². The lowest BCUT2D eigenvalue weighted by atomic mass is 10.1. The van der Waals surface area contributed by atoms with Crippen LogP contribution in [0.25, 0.3) is 6.08 Å². The van der Waals surface area contributed by atoms with E-state index in [1.807, 2.05) is 6.07 Å². The molecule has 1 N–H and O–H groups in total. The minimum atomic E-state index is -0.557. The van der Waals surface area contributed by atoms with Crippen molar-refractivity contribution in [2.24, 2.45) is 0 Å². The summed E-state index contributed by atoms with van der Waals surface area (Å²) in [6, 6.07) is 21.7. The quantitative estimate of drug-likeness (QED) is 0.428. The first kappa shape index (κ1) is 20.1. The Kier molecular flexibility index (Phi) is 6.62. The summed E-state index contributed by atoms with van der Waals surface area (Å²) in [5.74, 6) is -0.484. The van der Waals surface area contributed by atoms with Crippen LogP contribution in [0.4, 0.5) is 10.1 Å². The van der Waals surface area contributed by atoms with Gasteiger partial charge in [0, 0.05) is 21.8 Å². The summed E-state index contributed by atoms with van der Waals surface area (Å²) in [4.78, 5) is 12.4.